The molecule has 0 saturated carbocycles. The van der Waals surface area contributed by atoms with Gasteiger partial charge in [-0.1, -0.05) is 6.92 Å². The summed E-state index contributed by atoms with van der Waals surface area (Å²) in [6, 6.07) is 0. The summed E-state index contributed by atoms with van der Waals surface area (Å²) in [4.78, 5) is 10.9. The Morgan fingerprint density at radius 3 is 1.29 bits per heavy atom. The van der Waals surface area contributed by atoms with Gasteiger partial charge in [-0.3, -0.25) is 0 Å². The first-order valence-corrected chi connectivity index (χ1v) is 16.4. The monoisotopic (exact) mass is 480 g/mol. The Bertz CT molecular complexity index is 347. The summed E-state index contributed by atoms with van der Waals surface area (Å²) in [5, 5.41) is 0. The van der Waals surface area contributed by atoms with E-state index in [9.17, 15) is 4.89 Å². The van der Waals surface area contributed by atoms with Crippen LogP contribution in [0.5, 0.6) is 0 Å². The van der Waals surface area contributed by atoms with Crippen LogP contribution in [0.4, 0.5) is 0 Å². The van der Waals surface area contributed by atoms with Gasteiger partial charge in [-0.2, -0.15) is 0 Å². The molecule has 0 spiro atoms. The van der Waals surface area contributed by atoms with Crippen molar-refractivity contribution < 1.29 is 13.9 Å². The second kappa shape index (κ2) is 25.3. The molecule has 3 nitrogen and oxygen atoms in total. The topological polar surface area (TPSA) is 38.7 Å². The molecule has 0 aromatic carbocycles. The average molecular weight is 481 g/mol. The summed E-state index contributed by atoms with van der Waals surface area (Å²) in [7, 11) is -3.00. The number of hydrogen-bond donors (Lipinski definition) is 2. The maximum atomic E-state index is 10.9. The first-order chi connectivity index (χ1) is 15.2. The van der Waals surface area contributed by atoms with E-state index >= 15 is 0 Å². The van der Waals surface area contributed by atoms with Crippen LogP contribution < -0.4 is 0 Å². The molecule has 0 amide bonds. The van der Waals surface area contributed by atoms with Crippen LogP contribution in [0.3, 0.4) is 0 Å². The van der Waals surface area contributed by atoms with E-state index in [1.807, 2.05) is 0 Å². The molecule has 190 valence electrons. The van der Waals surface area contributed by atoms with Crippen molar-refractivity contribution in [3.63, 3.8) is 0 Å². The van der Waals surface area contributed by atoms with Crippen LogP contribution in [0, 0.1) is 0 Å². The zero-order chi connectivity index (χ0) is 22.9. The summed E-state index contributed by atoms with van der Waals surface area (Å²) >= 11 is 4.22. The van der Waals surface area contributed by atoms with Gasteiger partial charge in [-0.15, -0.1) is 0 Å². The second-order valence-electron chi connectivity index (χ2n) is 9.25. The van der Waals surface area contributed by atoms with Gasteiger partial charge in [0.15, 0.2) is 0 Å². The van der Waals surface area contributed by atoms with E-state index in [1.165, 1.54) is 116 Å². The molecule has 0 rings (SSSR count). The maximum absolute atomic E-state index is 10.9. The van der Waals surface area contributed by atoms with Crippen molar-refractivity contribution in [1.29, 1.82) is 0 Å². The molecule has 0 aliphatic rings. The van der Waals surface area contributed by atoms with Crippen molar-refractivity contribution in [2.75, 3.05) is 25.1 Å². The third-order valence-corrected chi connectivity index (χ3v) is 8.57. The average Bonchev–Trinajstić information content (AvgIpc) is 2.77. The molecule has 0 atom stereocenters. The van der Waals surface area contributed by atoms with E-state index in [0.717, 1.165) is 12.8 Å². The zero-order valence-electron chi connectivity index (χ0n) is 21.2. The third kappa shape index (κ3) is 23.6. The molecule has 0 saturated heterocycles. The van der Waals surface area contributed by atoms with E-state index in [-0.39, 0.29) is 0 Å². The molecule has 0 unspecified atom stereocenters. The summed E-state index contributed by atoms with van der Waals surface area (Å²) in [6.45, 7) is 5.67. The third-order valence-electron chi connectivity index (χ3n) is 6.09. The summed E-state index contributed by atoms with van der Waals surface area (Å²) in [5.74, 6) is 0.634. The Morgan fingerprint density at radius 1 is 0.516 bits per heavy atom. The SMILES string of the molecule is CCCCCCCCCCCCO[PH](O)(CCCCCCCCCCCC)OCCS. The van der Waals surface area contributed by atoms with Crippen molar-refractivity contribution in [3.8, 4) is 0 Å². The molecule has 0 bridgehead atoms. The van der Waals surface area contributed by atoms with E-state index in [1.54, 1.807) is 0 Å². The molecule has 0 aliphatic carbocycles. The summed E-state index contributed by atoms with van der Waals surface area (Å²) < 4.78 is 11.7. The molecule has 5 heteroatoms. The summed E-state index contributed by atoms with van der Waals surface area (Å²) in [6.07, 6.45) is 26.8. The van der Waals surface area contributed by atoms with E-state index in [2.05, 4.69) is 26.5 Å². The first kappa shape index (κ1) is 31.7. The van der Waals surface area contributed by atoms with Crippen LogP contribution in [0.15, 0.2) is 0 Å². The van der Waals surface area contributed by atoms with Gasteiger partial charge in [-0.25, -0.2) is 0 Å². The van der Waals surface area contributed by atoms with Gasteiger partial charge in [0, 0.05) is 0 Å². The molecular formula is C26H57O3PS. The predicted molar refractivity (Wildman–Crippen MR) is 145 cm³/mol. The van der Waals surface area contributed by atoms with Gasteiger partial charge in [0.1, 0.15) is 0 Å². The number of hydrogen-bond acceptors (Lipinski definition) is 4. The molecule has 0 aromatic heterocycles. The van der Waals surface area contributed by atoms with Gasteiger partial charge in [-0.05, 0) is 0 Å². The fourth-order valence-electron chi connectivity index (χ4n) is 4.05. The zero-order valence-corrected chi connectivity index (χ0v) is 23.1. The Kier molecular flexibility index (Phi) is 25.8. The molecule has 31 heavy (non-hydrogen) atoms. The van der Waals surface area contributed by atoms with Crippen LogP contribution in [0.25, 0.3) is 0 Å². The van der Waals surface area contributed by atoms with Crippen LogP contribution in [0.2, 0.25) is 0 Å². The van der Waals surface area contributed by atoms with E-state index in [4.69, 9.17) is 9.05 Å². The van der Waals surface area contributed by atoms with Crippen molar-refractivity contribution in [2.45, 2.75) is 142 Å². The van der Waals surface area contributed by atoms with E-state index in [0.29, 0.717) is 25.1 Å². The van der Waals surface area contributed by atoms with Crippen molar-refractivity contribution in [1.82, 2.24) is 0 Å². The van der Waals surface area contributed by atoms with Gasteiger partial charge in [0.2, 0.25) is 0 Å². The first-order valence-electron chi connectivity index (χ1n) is 13.8. The predicted octanol–water partition coefficient (Wildman–Crippen LogP) is 9.28. The van der Waals surface area contributed by atoms with Crippen LogP contribution in [-0.4, -0.2) is 30.0 Å². The number of unbranched alkanes of at least 4 members (excludes halogenated alkanes) is 18. The number of thiol groups is 1. The molecular weight excluding hydrogens is 423 g/mol. The minimum atomic E-state index is -3.00. The minimum absolute atomic E-state index is 0.488. The Hall–Kier alpha value is 0.660. The fourth-order valence-corrected chi connectivity index (χ4v) is 6.26. The van der Waals surface area contributed by atoms with Gasteiger partial charge in [0.05, 0.1) is 0 Å². The van der Waals surface area contributed by atoms with Crippen LogP contribution in [0.1, 0.15) is 142 Å². The molecule has 0 aromatic rings. The van der Waals surface area contributed by atoms with Gasteiger partial charge >= 0.3 is 195 Å². The number of rotatable bonds is 26. The molecule has 0 fully saturated rings. The fraction of sp³-hybridized carbons (Fsp3) is 1.00. The van der Waals surface area contributed by atoms with Crippen LogP contribution in [-0.2, 0) is 9.05 Å². The van der Waals surface area contributed by atoms with Crippen LogP contribution >= 0.6 is 20.6 Å². The standard InChI is InChI=1S/C26H57O3PS/c1-3-5-7-9-11-13-15-17-19-21-23-28-30(27,29-24-26-31)25-22-20-18-16-14-12-10-8-6-4-2/h27,30-31H,3-26H2,1-2H3. The summed E-state index contributed by atoms with van der Waals surface area (Å²) in [5.41, 5.74) is 0. The molecule has 0 radical (unpaired) electrons. The van der Waals surface area contributed by atoms with Gasteiger partial charge in [0.25, 0.3) is 0 Å². The van der Waals surface area contributed by atoms with Crippen molar-refractivity contribution in [2.24, 2.45) is 0 Å². The van der Waals surface area contributed by atoms with Crippen molar-refractivity contribution in [3.05, 3.63) is 0 Å². The van der Waals surface area contributed by atoms with Crippen molar-refractivity contribution >= 4 is 20.6 Å². The Morgan fingerprint density at radius 2 is 0.871 bits per heavy atom. The Labute approximate surface area is 201 Å². The molecule has 0 heterocycles. The molecule has 0 aliphatic heterocycles. The van der Waals surface area contributed by atoms with E-state index < -0.39 is 7.94 Å². The Balaban J connectivity index is 3.70. The van der Waals surface area contributed by atoms with Gasteiger partial charge < -0.3 is 0 Å². The second-order valence-corrected chi connectivity index (χ2v) is 12.2. The quantitative estimate of drug-likeness (QED) is 0.0736. The molecule has 1 N–H and O–H groups in total. The normalized spacial score (nSPS) is 12.5.